The number of allylic oxidation sites excluding steroid dienone is 3. The van der Waals surface area contributed by atoms with Crippen LogP contribution in [-0.4, -0.2) is 4.87 Å². The van der Waals surface area contributed by atoms with Crippen molar-refractivity contribution in [3.05, 3.63) is 24.3 Å². The zero-order chi connectivity index (χ0) is 8.91. The van der Waals surface area contributed by atoms with Gasteiger partial charge in [-0.1, -0.05) is 17.7 Å². The zero-order valence-electron chi connectivity index (χ0n) is 7.65. The van der Waals surface area contributed by atoms with E-state index in [1.807, 2.05) is 6.92 Å². The molecule has 0 aromatic rings. The summed E-state index contributed by atoms with van der Waals surface area (Å²) in [4.78, 5) is -0.230. The van der Waals surface area contributed by atoms with Crippen molar-refractivity contribution < 1.29 is 0 Å². The van der Waals surface area contributed by atoms with Crippen LogP contribution in [0.1, 0.15) is 33.6 Å². The Morgan fingerprint density at radius 1 is 1.55 bits per heavy atom. The first-order chi connectivity index (χ1) is 4.98. The van der Waals surface area contributed by atoms with E-state index in [2.05, 4.69) is 26.5 Å². The molecule has 1 atom stereocenters. The SMILES string of the molecule is C=C[C@](C)(Cl)CCC=C(C)C. The molecule has 0 N–H and O–H groups in total. The Hall–Kier alpha value is -0.230. The monoisotopic (exact) mass is 172 g/mol. The van der Waals surface area contributed by atoms with Crippen LogP contribution in [0.25, 0.3) is 0 Å². The van der Waals surface area contributed by atoms with Gasteiger partial charge in [-0.3, -0.25) is 0 Å². The van der Waals surface area contributed by atoms with E-state index >= 15 is 0 Å². The molecule has 0 aliphatic carbocycles. The van der Waals surface area contributed by atoms with Crippen molar-refractivity contribution in [2.75, 3.05) is 0 Å². The molecule has 64 valence electrons. The highest BCUT2D eigenvalue weighted by atomic mass is 35.5. The van der Waals surface area contributed by atoms with Crippen LogP contribution in [0.5, 0.6) is 0 Å². The van der Waals surface area contributed by atoms with Crippen LogP contribution in [-0.2, 0) is 0 Å². The van der Waals surface area contributed by atoms with Crippen molar-refractivity contribution in [3.63, 3.8) is 0 Å². The van der Waals surface area contributed by atoms with Gasteiger partial charge in [0.25, 0.3) is 0 Å². The number of hydrogen-bond donors (Lipinski definition) is 0. The highest BCUT2D eigenvalue weighted by Gasteiger charge is 2.13. The highest BCUT2D eigenvalue weighted by Crippen LogP contribution is 2.22. The lowest BCUT2D eigenvalue weighted by atomic mass is 10.0. The first-order valence-corrected chi connectivity index (χ1v) is 4.31. The predicted molar refractivity (Wildman–Crippen MR) is 53.1 cm³/mol. The van der Waals surface area contributed by atoms with Gasteiger partial charge in [-0.2, -0.15) is 0 Å². The number of halogens is 1. The summed E-state index contributed by atoms with van der Waals surface area (Å²) in [5.41, 5.74) is 1.35. The van der Waals surface area contributed by atoms with Crippen LogP contribution >= 0.6 is 11.6 Å². The molecule has 0 fully saturated rings. The quantitative estimate of drug-likeness (QED) is 0.446. The Kier molecular flexibility index (Phi) is 4.51. The molecule has 0 unspecified atom stereocenters. The first kappa shape index (κ1) is 10.8. The molecule has 0 spiro atoms. The predicted octanol–water partition coefficient (Wildman–Crippen LogP) is 3.92. The molecular weight excluding hydrogens is 156 g/mol. The fraction of sp³-hybridized carbons (Fsp3) is 0.600. The summed E-state index contributed by atoms with van der Waals surface area (Å²) in [6, 6.07) is 0. The Labute approximate surface area is 74.9 Å². The Morgan fingerprint density at radius 3 is 2.45 bits per heavy atom. The van der Waals surface area contributed by atoms with Crippen LogP contribution in [0.3, 0.4) is 0 Å². The van der Waals surface area contributed by atoms with Gasteiger partial charge in [-0.25, -0.2) is 0 Å². The summed E-state index contributed by atoms with van der Waals surface area (Å²) in [6.07, 6.45) is 6.00. The number of hydrogen-bond acceptors (Lipinski definition) is 0. The van der Waals surface area contributed by atoms with E-state index in [1.54, 1.807) is 6.08 Å². The first-order valence-electron chi connectivity index (χ1n) is 3.94. The Balaban J connectivity index is 3.71. The molecule has 0 saturated heterocycles. The van der Waals surface area contributed by atoms with Gasteiger partial charge in [0.05, 0.1) is 4.87 Å². The van der Waals surface area contributed by atoms with Gasteiger partial charge >= 0.3 is 0 Å². The molecule has 0 radical (unpaired) electrons. The third kappa shape index (κ3) is 6.18. The van der Waals surface area contributed by atoms with E-state index in [0.29, 0.717) is 0 Å². The summed E-state index contributed by atoms with van der Waals surface area (Å²) in [5.74, 6) is 0. The summed E-state index contributed by atoms with van der Waals surface area (Å²) in [6.45, 7) is 9.86. The van der Waals surface area contributed by atoms with E-state index in [0.717, 1.165) is 12.8 Å². The van der Waals surface area contributed by atoms with E-state index in [1.165, 1.54) is 5.57 Å². The van der Waals surface area contributed by atoms with Crippen molar-refractivity contribution in [1.29, 1.82) is 0 Å². The van der Waals surface area contributed by atoms with Gasteiger partial charge in [0.2, 0.25) is 0 Å². The fourth-order valence-corrected chi connectivity index (χ4v) is 0.854. The van der Waals surface area contributed by atoms with Gasteiger partial charge in [-0.15, -0.1) is 18.2 Å². The van der Waals surface area contributed by atoms with Crippen molar-refractivity contribution >= 4 is 11.6 Å². The molecule has 0 saturated carbocycles. The molecule has 11 heavy (non-hydrogen) atoms. The molecule has 0 bridgehead atoms. The van der Waals surface area contributed by atoms with Crippen LogP contribution in [0.15, 0.2) is 24.3 Å². The zero-order valence-corrected chi connectivity index (χ0v) is 8.41. The van der Waals surface area contributed by atoms with Crippen molar-refractivity contribution in [3.8, 4) is 0 Å². The molecule has 0 rings (SSSR count). The van der Waals surface area contributed by atoms with E-state index in [9.17, 15) is 0 Å². The second-order valence-corrected chi connectivity index (χ2v) is 4.17. The standard InChI is InChI=1S/C10H17Cl/c1-5-10(4,11)8-6-7-9(2)3/h5,7H,1,6,8H2,2-4H3/t10-/m0/s1. The molecule has 0 aromatic heterocycles. The minimum absolute atomic E-state index is 0.230. The number of alkyl halides is 1. The minimum Gasteiger partial charge on any atom is -0.115 e. The molecule has 0 aromatic carbocycles. The van der Waals surface area contributed by atoms with E-state index < -0.39 is 0 Å². The molecule has 0 aliphatic heterocycles. The maximum atomic E-state index is 6.06. The molecule has 0 amide bonds. The third-order valence-electron chi connectivity index (χ3n) is 1.61. The topological polar surface area (TPSA) is 0 Å². The smallest absolute Gasteiger partial charge is 0.0598 e. The van der Waals surface area contributed by atoms with Crippen LogP contribution in [0.2, 0.25) is 0 Å². The van der Waals surface area contributed by atoms with Crippen molar-refractivity contribution in [2.45, 2.75) is 38.5 Å². The average molecular weight is 173 g/mol. The maximum absolute atomic E-state index is 6.06. The average Bonchev–Trinajstić information content (AvgIpc) is 1.87. The summed E-state index contributed by atoms with van der Waals surface area (Å²) < 4.78 is 0. The highest BCUT2D eigenvalue weighted by molar-refractivity contribution is 6.24. The Bertz CT molecular complexity index is 150. The molecule has 1 heteroatoms. The maximum Gasteiger partial charge on any atom is 0.0598 e. The second kappa shape index (κ2) is 4.61. The number of rotatable bonds is 4. The van der Waals surface area contributed by atoms with Gasteiger partial charge in [0.1, 0.15) is 0 Å². The van der Waals surface area contributed by atoms with Crippen molar-refractivity contribution in [2.24, 2.45) is 0 Å². The fourth-order valence-electron chi connectivity index (χ4n) is 0.745. The second-order valence-electron chi connectivity index (χ2n) is 3.30. The summed E-state index contributed by atoms with van der Waals surface area (Å²) in [5, 5.41) is 0. The van der Waals surface area contributed by atoms with Crippen LogP contribution in [0.4, 0.5) is 0 Å². The van der Waals surface area contributed by atoms with Crippen LogP contribution < -0.4 is 0 Å². The van der Waals surface area contributed by atoms with Crippen LogP contribution in [0, 0.1) is 0 Å². The van der Waals surface area contributed by atoms with Gasteiger partial charge in [0.15, 0.2) is 0 Å². The minimum atomic E-state index is -0.230. The normalized spacial score (nSPS) is 15.3. The molecular formula is C10H17Cl. The van der Waals surface area contributed by atoms with E-state index in [4.69, 9.17) is 11.6 Å². The molecule has 0 nitrogen and oxygen atoms in total. The molecule has 0 aliphatic rings. The Morgan fingerprint density at radius 2 is 2.09 bits per heavy atom. The van der Waals surface area contributed by atoms with Gasteiger partial charge in [0, 0.05) is 0 Å². The third-order valence-corrected chi connectivity index (χ3v) is 1.95. The summed E-state index contributed by atoms with van der Waals surface area (Å²) in [7, 11) is 0. The lowest BCUT2D eigenvalue weighted by molar-refractivity contribution is 0.697. The largest absolute Gasteiger partial charge is 0.115 e. The van der Waals surface area contributed by atoms with E-state index in [-0.39, 0.29) is 4.87 Å². The van der Waals surface area contributed by atoms with Gasteiger partial charge in [-0.05, 0) is 33.6 Å². The van der Waals surface area contributed by atoms with Gasteiger partial charge < -0.3 is 0 Å². The lowest BCUT2D eigenvalue weighted by Crippen LogP contribution is -2.10. The molecule has 0 heterocycles. The lowest BCUT2D eigenvalue weighted by Gasteiger charge is -2.14. The van der Waals surface area contributed by atoms with Crippen molar-refractivity contribution in [1.82, 2.24) is 0 Å². The summed E-state index contributed by atoms with van der Waals surface area (Å²) >= 11 is 6.06.